The van der Waals surface area contributed by atoms with Crippen LogP contribution in [0, 0.1) is 6.92 Å². The van der Waals surface area contributed by atoms with Crippen molar-refractivity contribution < 1.29 is 22.5 Å². The van der Waals surface area contributed by atoms with E-state index in [1.54, 1.807) is 23.4 Å². The third-order valence-corrected chi connectivity index (χ3v) is 7.34. The van der Waals surface area contributed by atoms with Gasteiger partial charge < -0.3 is 9.26 Å². The summed E-state index contributed by atoms with van der Waals surface area (Å²) in [5.74, 6) is 0.903. The van der Waals surface area contributed by atoms with E-state index in [2.05, 4.69) is 10.1 Å². The molecule has 2 aliphatic heterocycles. The van der Waals surface area contributed by atoms with Gasteiger partial charge in [0.05, 0.1) is 17.1 Å². The maximum atomic E-state index is 13.3. The zero-order chi connectivity index (χ0) is 20.6. The normalized spacial score (nSPS) is 20.4. The van der Waals surface area contributed by atoms with Gasteiger partial charge in [-0.3, -0.25) is 9.69 Å². The number of sulfonamides is 1. The molecule has 1 atom stereocenters. The Morgan fingerprint density at radius 1 is 1.28 bits per heavy atom. The maximum Gasteiger partial charge on any atom is 0.265 e. The van der Waals surface area contributed by atoms with E-state index in [1.807, 2.05) is 6.92 Å². The SMILES string of the molecule is CC[C@@H]1CCCCN1S(=O)(=O)c1ccc2c(c1)N(Cc1noc(C)n1)C(=O)CO2. The van der Waals surface area contributed by atoms with Crippen LogP contribution < -0.4 is 9.64 Å². The van der Waals surface area contributed by atoms with Crippen LogP contribution >= 0.6 is 0 Å². The van der Waals surface area contributed by atoms with Crippen LogP contribution in [0.15, 0.2) is 27.6 Å². The molecule has 0 bridgehead atoms. The first-order valence-electron chi connectivity index (χ1n) is 9.78. The summed E-state index contributed by atoms with van der Waals surface area (Å²) in [6.07, 6.45) is 3.53. The molecule has 1 amide bonds. The minimum Gasteiger partial charge on any atom is -0.482 e. The Labute approximate surface area is 169 Å². The lowest BCUT2D eigenvalue weighted by molar-refractivity contribution is -0.121. The number of piperidine rings is 1. The van der Waals surface area contributed by atoms with Crippen LogP contribution in [-0.2, 0) is 21.4 Å². The summed E-state index contributed by atoms with van der Waals surface area (Å²) in [5, 5.41) is 3.84. The molecule has 0 radical (unpaired) electrons. The second kappa shape index (κ2) is 7.75. The molecule has 1 aromatic carbocycles. The van der Waals surface area contributed by atoms with Crippen molar-refractivity contribution in [1.82, 2.24) is 14.4 Å². The standard InChI is InChI=1S/C19H24N4O5S/c1-3-14-6-4-5-9-23(14)29(25,26)15-7-8-17-16(10-15)22(19(24)12-27-17)11-18-20-13(2)28-21-18/h7-8,10,14H,3-6,9,11-12H2,1-2H3/t14-/m1/s1. The summed E-state index contributed by atoms with van der Waals surface area (Å²) in [6, 6.07) is 4.66. The third-order valence-electron chi connectivity index (χ3n) is 5.39. The van der Waals surface area contributed by atoms with E-state index < -0.39 is 10.0 Å². The Hall–Kier alpha value is -2.46. The molecule has 2 aromatic rings. The molecule has 3 heterocycles. The zero-order valence-corrected chi connectivity index (χ0v) is 17.3. The van der Waals surface area contributed by atoms with Gasteiger partial charge in [-0.15, -0.1) is 0 Å². The van der Waals surface area contributed by atoms with E-state index in [1.165, 1.54) is 11.0 Å². The van der Waals surface area contributed by atoms with E-state index in [0.29, 0.717) is 29.7 Å². The molecule has 0 N–H and O–H groups in total. The van der Waals surface area contributed by atoms with Gasteiger partial charge in [-0.25, -0.2) is 8.42 Å². The van der Waals surface area contributed by atoms with Crippen LogP contribution in [-0.4, -0.2) is 48.0 Å². The fourth-order valence-electron chi connectivity index (χ4n) is 3.90. The molecule has 1 aromatic heterocycles. The van der Waals surface area contributed by atoms with Gasteiger partial charge in [-0.05, 0) is 37.5 Å². The number of carbonyl (C=O) groups excluding carboxylic acids is 1. The highest BCUT2D eigenvalue weighted by atomic mass is 32.2. The van der Waals surface area contributed by atoms with Gasteiger partial charge in [0.2, 0.25) is 15.9 Å². The van der Waals surface area contributed by atoms with Gasteiger partial charge in [0.1, 0.15) is 5.75 Å². The Balaban J connectivity index is 1.70. The molecule has 4 rings (SSSR count). The highest BCUT2D eigenvalue weighted by Crippen LogP contribution is 2.36. The molecule has 9 nitrogen and oxygen atoms in total. The molecule has 1 saturated heterocycles. The third kappa shape index (κ3) is 3.74. The Kier molecular flexibility index (Phi) is 5.30. The zero-order valence-electron chi connectivity index (χ0n) is 16.5. The van der Waals surface area contributed by atoms with E-state index in [0.717, 1.165) is 25.7 Å². The van der Waals surface area contributed by atoms with Gasteiger partial charge >= 0.3 is 0 Å². The number of aromatic nitrogens is 2. The second-order valence-electron chi connectivity index (χ2n) is 7.30. The molecule has 0 aliphatic carbocycles. The molecule has 156 valence electrons. The summed E-state index contributed by atoms with van der Waals surface area (Å²) in [4.78, 5) is 18.2. The van der Waals surface area contributed by atoms with E-state index >= 15 is 0 Å². The first-order chi connectivity index (χ1) is 13.9. The summed E-state index contributed by atoms with van der Waals surface area (Å²) >= 11 is 0. The maximum absolute atomic E-state index is 13.3. The first-order valence-corrected chi connectivity index (χ1v) is 11.2. The number of ether oxygens (including phenoxy) is 1. The number of carbonyl (C=O) groups is 1. The molecule has 10 heteroatoms. The van der Waals surface area contributed by atoms with E-state index in [9.17, 15) is 13.2 Å². The Morgan fingerprint density at radius 3 is 2.83 bits per heavy atom. The topological polar surface area (TPSA) is 106 Å². The van der Waals surface area contributed by atoms with Crippen LogP contribution in [0.5, 0.6) is 5.75 Å². The highest BCUT2D eigenvalue weighted by Gasteiger charge is 2.34. The van der Waals surface area contributed by atoms with Gasteiger partial charge in [-0.2, -0.15) is 9.29 Å². The second-order valence-corrected chi connectivity index (χ2v) is 9.19. The van der Waals surface area contributed by atoms with Crippen molar-refractivity contribution in [3.05, 3.63) is 29.9 Å². The molecule has 2 aliphatic rings. The number of benzene rings is 1. The lowest BCUT2D eigenvalue weighted by Crippen LogP contribution is -2.43. The summed E-state index contributed by atoms with van der Waals surface area (Å²) < 4.78 is 38.7. The summed E-state index contributed by atoms with van der Waals surface area (Å²) in [7, 11) is -3.68. The van der Waals surface area contributed by atoms with Gasteiger partial charge in [0, 0.05) is 19.5 Å². The predicted molar refractivity (Wildman–Crippen MR) is 104 cm³/mol. The minimum atomic E-state index is -3.68. The molecule has 0 unspecified atom stereocenters. The van der Waals surface area contributed by atoms with Crippen molar-refractivity contribution >= 4 is 21.6 Å². The van der Waals surface area contributed by atoms with Crippen molar-refractivity contribution in [2.75, 3.05) is 18.1 Å². The molecular formula is C19H24N4O5S. The molecular weight excluding hydrogens is 396 g/mol. The predicted octanol–water partition coefficient (Wildman–Crippen LogP) is 2.26. The highest BCUT2D eigenvalue weighted by molar-refractivity contribution is 7.89. The fourth-order valence-corrected chi connectivity index (χ4v) is 5.68. The molecule has 1 fully saturated rings. The molecule has 0 saturated carbocycles. The number of fused-ring (bicyclic) bond motifs is 1. The van der Waals surface area contributed by atoms with Crippen molar-refractivity contribution in [1.29, 1.82) is 0 Å². The van der Waals surface area contributed by atoms with Gasteiger partial charge in [0.15, 0.2) is 12.4 Å². The van der Waals surface area contributed by atoms with Crippen LogP contribution in [0.2, 0.25) is 0 Å². The number of nitrogens with zero attached hydrogens (tertiary/aromatic N) is 4. The molecule has 0 spiro atoms. The fraction of sp³-hybridized carbons (Fsp3) is 0.526. The van der Waals surface area contributed by atoms with Crippen LogP contribution in [0.25, 0.3) is 0 Å². The van der Waals surface area contributed by atoms with Crippen LogP contribution in [0.3, 0.4) is 0 Å². The number of hydrogen-bond acceptors (Lipinski definition) is 7. The number of anilines is 1. The van der Waals surface area contributed by atoms with Crippen molar-refractivity contribution in [2.24, 2.45) is 0 Å². The minimum absolute atomic E-state index is 0.000993. The van der Waals surface area contributed by atoms with Crippen LogP contribution in [0.4, 0.5) is 5.69 Å². The largest absolute Gasteiger partial charge is 0.482 e. The van der Waals surface area contributed by atoms with Crippen molar-refractivity contribution in [2.45, 2.75) is 57.0 Å². The monoisotopic (exact) mass is 420 g/mol. The Bertz CT molecular complexity index is 1020. The summed E-state index contributed by atoms with van der Waals surface area (Å²) in [6.45, 7) is 4.14. The number of rotatable bonds is 5. The van der Waals surface area contributed by atoms with Gasteiger partial charge in [-0.1, -0.05) is 18.5 Å². The number of hydrogen-bond donors (Lipinski definition) is 0. The molecule has 29 heavy (non-hydrogen) atoms. The first kappa shape index (κ1) is 19.8. The number of aryl methyl sites for hydroxylation is 1. The average Bonchev–Trinajstić information content (AvgIpc) is 3.14. The quantitative estimate of drug-likeness (QED) is 0.730. The van der Waals surface area contributed by atoms with E-state index in [-0.39, 0.29) is 30.0 Å². The van der Waals surface area contributed by atoms with E-state index in [4.69, 9.17) is 9.26 Å². The lowest BCUT2D eigenvalue weighted by Gasteiger charge is -2.34. The summed E-state index contributed by atoms with van der Waals surface area (Å²) in [5.41, 5.74) is 0.398. The van der Waals surface area contributed by atoms with Crippen LogP contribution in [0.1, 0.15) is 44.3 Å². The average molecular weight is 420 g/mol. The Morgan fingerprint density at radius 2 is 2.10 bits per heavy atom. The smallest absolute Gasteiger partial charge is 0.265 e. The number of amides is 1. The van der Waals surface area contributed by atoms with Gasteiger partial charge in [0.25, 0.3) is 5.91 Å². The van der Waals surface area contributed by atoms with Crippen molar-refractivity contribution in [3.63, 3.8) is 0 Å². The lowest BCUT2D eigenvalue weighted by atomic mass is 10.0. The van der Waals surface area contributed by atoms with Crippen molar-refractivity contribution in [3.8, 4) is 5.75 Å².